The minimum absolute atomic E-state index is 0.109. The molecule has 0 aliphatic rings. The summed E-state index contributed by atoms with van der Waals surface area (Å²) in [5.41, 5.74) is 5.32. The van der Waals surface area contributed by atoms with Gasteiger partial charge in [0.2, 0.25) is 0 Å². The van der Waals surface area contributed by atoms with Gasteiger partial charge < -0.3 is 5.11 Å². The van der Waals surface area contributed by atoms with Gasteiger partial charge in [0.15, 0.2) is 5.78 Å². The molecule has 0 saturated carbocycles. The van der Waals surface area contributed by atoms with Gasteiger partial charge in [0.05, 0.1) is 0 Å². The minimum Gasteiger partial charge on any atom is -0.481 e. The number of fused-ring (bicyclic) bond motifs is 1. The number of carboxylic acid groups (broad SMARTS) is 1. The van der Waals surface area contributed by atoms with Gasteiger partial charge in [-0.1, -0.05) is 38.1 Å². The summed E-state index contributed by atoms with van der Waals surface area (Å²) in [7, 11) is 0. The van der Waals surface area contributed by atoms with Crippen molar-refractivity contribution in [1.82, 2.24) is 0 Å². The Morgan fingerprint density at radius 3 is 2.41 bits per heavy atom. The summed E-state index contributed by atoms with van der Waals surface area (Å²) in [6.45, 7) is 8.48. The molecule has 2 aromatic carbocycles. The van der Waals surface area contributed by atoms with Crippen LogP contribution >= 0.6 is 11.3 Å². The normalized spacial score (nSPS) is 11.3. The molecule has 3 rings (SSSR count). The predicted octanol–water partition coefficient (Wildman–Crippen LogP) is 6.47. The highest BCUT2D eigenvalue weighted by Gasteiger charge is 2.17. The molecule has 0 fully saturated rings. The van der Waals surface area contributed by atoms with Crippen LogP contribution < -0.4 is 0 Å². The number of rotatable bonds is 8. The van der Waals surface area contributed by atoms with E-state index >= 15 is 0 Å². The SMILES string of the molecule is Cc1ccc2c(C(C)C)c(CCC(=O)c3ccc(CCC(=O)O)c(C)c3)sc2c1. The smallest absolute Gasteiger partial charge is 0.303 e. The van der Waals surface area contributed by atoms with E-state index in [-0.39, 0.29) is 12.2 Å². The van der Waals surface area contributed by atoms with Crippen molar-refractivity contribution in [1.29, 1.82) is 0 Å². The molecule has 3 aromatic rings. The third kappa shape index (κ3) is 4.94. The van der Waals surface area contributed by atoms with Gasteiger partial charge in [0.1, 0.15) is 0 Å². The number of hydrogen-bond acceptors (Lipinski definition) is 3. The summed E-state index contributed by atoms with van der Waals surface area (Å²) in [5, 5.41) is 10.2. The first kappa shape index (κ1) is 21.3. The van der Waals surface area contributed by atoms with Gasteiger partial charge in [0.25, 0.3) is 0 Å². The molecule has 0 spiro atoms. The lowest BCUT2D eigenvalue weighted by atomic mass is 9.95. The molecule has 3 nitrogen and oxygen atoms in total. The Labute approximate surface area is 176 Å². The van der Waals surface area contributed by atoms with E-state index in [1.165, 1.54) is 26.1 Å². The van der Waals surface area contributed by atoms with Crippen LogP contribution in [0.3, 0.4) is 0 Å². The van der Waals surface area contributed by atoms with Crippen LogP contribution in [0.25, 0.3) is 10.1 Å². The lowest BCUT2D eigenvalue weighted by Crippen LogP contribution is -2.04. The minimum atomic E-state index is -0.802. The van der Waals surface area contributed by atoms with Crippen molar-refractivity contribution in [2.75, 3.05) is 0 Å². The zero-order chi connectivity index (χ0) is 21.1. The maximum atomic E-state index is 12.8. The first-order valence-electron chi connectivity index (χ1n) is 10.1. The van der Waals surface area contributed by atoms with Crippen LogP contribution in [0.2, 0.25) is 0 Å². The highest BCUT2D eigenvalue weighted by atomic mass is 32.1. The standard InChI is InChI=1S/C25H28O3S/c1-15(2)25-20-9-5-16(3)13-23(20)29-22(25)11-10-21(26)19-7-6-18(17(4)14-19)8-12-24(27)28/h5-7,9,13-15H,8,10-12H2,1-4H3,(H,27,28). The fraction of sp³-hybridized carbons (Fsp3) is 0.360. The summed E-state index contributed by atoms with van der Waals surface area (Å²) in [5.74, 6) is -0.238. The van der Waals surface area contributed by atoms with Gasteiger partial charge in [0, 0.05) is 28.0 Å². The summed E-state index contributed by atoms with van der Waals surface area (Å²) >= 11 is 1.81. The molecular weight excluding hydrogens is 380 g/mol. The summed E-state index contributed by atoms with van der Waals surface area (Å²) < 4.78 is 1.30. The molecule has 0 aliphatic heterocycles. The van der Waals surface area contributed by atoms with Crippen LogP contribution in [0.4, 0.5) is 0 Å². The predicted molar refractivity (Wildman–Crippen MR) is 120 cm³/mol. The van der Waals surface area contributed by atoms with E-state index in [2.05, 4.69) is 39.0 Å². The number of ketones is 1. The number of carbonyl (C=O) groups is 2. The van der Waals surface area contributed by atoms with Gasteiger partial charge >= 0.3 is 5.97 Å². The largest absolute Gasteiger partial charge is 0.481 e. The van der Waals surface area contributed by atoms with Crippen LogP contribution in [-0.4, -0.2) is 16.9 Å². The third-order valence-corrected chi connectivity index (χ3v) is 6.62. The van der Waals surface area contributed by atoms with Crippen LogP contribution in [0.1, 0.15) is 70.1 Å². The third-order valence-electron chi connectivity index (χ3n) is 5.39. The highest BCUT2D eigenvalue weighted by Crippen LogP contribution is 2.37. The molecule has 4 heteroatoms. The van der Waals surface area contributed by atoms with Gasteiger partial charge in [-0.15, -0.1) is 11.3 Å². The fourth-order valence-electron chi connectivity index (χ4n) is 3.86. The number of benzene rings is 2. The zero-order valence-corrected chi connectivity index (χ0v) is 18.4. The van der Waals surface area contributed by atoms with E-state index in [0.717, 1.165) is 17.5 Å². The van der Waals surface area contributed by atoms with Crippen LogP contribution in [0.15, 0.2) is 36.4 Å². The van der Waals surface area contributed by atoms with E-state index < -0.39 is 5.97 Å². The average Bonchev–Trinajstić information content (AvgIpc) is 3.02. The topological polar surface area (TPSA) is 54.4 Å². The molecule has 29 heavy (non-hydrogen) atoms. The van der Waals surface area contributed by atoms with Crippen molar-refractivity contribution < 1.29 is 14.7 Å². The number of carbonyl (C=O) groups excluding carboxylic acids is 1. The van der Waals surface area contributed by atoms with Gasteiger partial charge in [-0.25, -0.2) is 0 Å². The van der Waals surface area contributed by atoms with Crippen molar-refractivity contribution in [3.63, 3.8) is 0 Å². The van der Waals surface area contributed by atoms with Crippen LogP contribution in [0.5, 0.6) is 0 Å². The lowest BCUT2D eigenvalue weighted by Gasteiger charge is -2.09. The van der Waals surface area contributed by atoms with Gasteiger partial charge in [-0.05, 0) is 72.4 Å². The second-order valence-electron chi connectivity index (χ2n) is 8.05. The number of thiophene rings is 1. The molecule has 1 aromatic heterocycles. The first-order valence-corrected chi connectivity index (χ1v) is 10.9. The van der Waals surface area contributed by atoms with E-state index in [1.54, 1.807) is 0 Å². The van der Waals surface area contributed by atoms with Crippen molar-refractivity contribution in [2.24, 2.45) is 0 Å². The molecule has 0 unspecified atom stereocenters. The number of hydrogen-bond donors (Lipinski definition) is 1. The van der Waals surface area contributed by atoms with E-state index in [9.17, 15) is 9.59 Å². The Kier molecular flexibility index (Phi) is 6.53. The Morgan fingerprint density at radius 2 is 1.76 bits per heavy atom. The molecule has 0 radical (unpaired) electrons. The summed E-state index contributed by atoms with van der Waals surface area (Å²) in [6, 6.07) is 12.2. The lowest BCUT2D eigenvalue weighted by molar-refractivity contribution is -0.136. The van der Waals surface area contributed by atoms with Crippen LogP contribution in [-0.2, 0) is 17.6 Å². The van der Waals surface area contributed by atoms with E-state index in [1.807, 2.05) is 36.5 Å². The Hall–Kier alpha value is -2.46. The monoisotopic (exact) mass is 408 g/mol. The number of aliphatic carboxylic acids is 1. The van der Waals surface area contributed by atoms with Crippen molar-refractivity contribution in [3.05, 3.63) is 69.1 Å². The van der Waals surface area contributed by atoms with Crippen molar-refractivity contribution in [2.45, 2.75) is 59.3 Å². The molecule has 152 valence electrons. The van der Waals surface area contributed by atoms with Crippen molar-refractivity contribution >= 4 is 33.2 Å². The highest BCUT2D eigenvalue weighted by molar-refractivity contribution is 7.19. The molecule has 0 amide bonds. The van der Waals surface area contributed by atoms with Gasteiger partial charge in [-0.2, -0.15) is 0 Å². The van der Waals surface area contributed by atoms with Gasteiger partial charge in [-0.3, -0.25) is 9.59 Å². The molecule has 0 bridgehead atoms. The second kappa shape index (κ2) is 8.91. The molecule has 0 saturated heterocycles. The summed E-state index contributed by atoms with van der Waals surface area (Å²) in [6.07, 6.45) is 1.84. The first-order chi connectivity index (χ1) is 13.8. The number of Topliss-reactive ketones (excluding diaryl/α,β-unsaturated/α-hetero) is 1. The second-order valence-corrected chi connectivity index (χ2v) is 9.19. The fourth-order valence-corrected chi connectivity index (χ4v) is 5.31. The maximum Gasteiger partial charge on any atom is 0.303 e. The Morgan fingerprint density at radius 1 is 1.00 bits per heavy atom. The molecule has 0 atom stereocenters. The van der Waals surface area contributed by atoms with Crippen molar-refractivity contribution in [3.8, 4) is 0 Å². The molecule has 0 aliphatic carbocycles. The Balaban J connectivity index is 1.76. The quantitative estimate of drug-likeness (QED) is 0.434. The van der Waals surface area contributed by atoms with Crippen LogP contribution in [0, 0.1) is 13.8 Å². The van der Waals surface area contributed by atoms with E-state index in [4.69, 9.17) is 5.11 Å². The maximum absolute atomic E-state index is 12.8. The number of aryl methyl sites for hydroxylation is 4. The molecule has 1 N–H and O–H groups in total. The molecule has 1 heterocycles. The average molecular weight is 409 g/mol. The molecular formula is C25H28O3S. The van der Waals surface area contributed by atoms with E-state index in [0.29, 0.717) is 24.3 Å². The Bertz CT molecular complexity index is 1060. The number of carboxylic acids is 1. The summed E-state index contributed by atoms with van der Waals surface area (Å²) in [4.78, 5) is 24.9. The zero-order valence-electron chi connectivity index (χ0n) is 17.5.